The Hall–Kier alpha value is -1.54. The molecule has 0 spiro atoms. The number of aryl methyl sites for hydroxylation is 3. The molecule has 0 aliphatic carbocycles. The molecule has 0 aliphatic rings. The normalized spacial score (nSPS) is 10.4. The topological polar surface area (TPSA) is 17.1 Å². The number of carbonyl (C=O) groups excluding carboxylic acids is 1. The molecule has 2 aromatic rings. The zero-order valence-electron chi connectivity index (χ0n) is 10.9. The molecule has 0 bridgehead atoms. The second kappa shape index (κ2) is 5.40. The van der Waals surface area contributed by atoms with Crippen LogP contribution in [-0.4, -0.2) is 5.12 Å². The van der Waals surface area contributed by atoms with E-state index in [2.05, 4.69) is 6.07 Å². The van der Waals surface area contributed by atoms with Gasteiger partial charge in [-0.1, -0.05) is 34.9 Å². The fourth-order valence-corrected chi connectivity index (χ4v) is 2.59. The fourth-order valence-electron chi connectivity index (χ4n) is 1.86. The lowest BCUT2D eigenvalue weighted by atomic mass is 10.1. The number of thioether (sulfide) groups is 1. The van der Waals surface area contributed by atoms with E-state index in [1.54, 1.807) is 0 Å². The van der Waals surface area contributed by atoms with Gasteiger partial charge in [0.05, 0.1) is 0 Å². The van der Waals surface area contributed by atoms with Gasteiger partial charge in [0, 0.05) is 10.5 Å². The molecule has 2 rings (SSSR count). The monoisotopic (exact) mass is 256 g/mol. The summed E-state index contributed by atoms with van der Waals surface area (Å²) < 4.78 is 0. The molecule has 0 fully saturated rings. The van der Waals surface area contributed by atoms with Crippen LogP contribution in [0.5, 0.6) is 0 Å². The summed E-state index contributed by atoms with van der Waals surface area (Å²) in [5.41, 5.74) is 4.24. The van der Waals surface area contributed by atoms with Crippen LogP contribution in [0.3, 0.4) is 0 Å². The minimum Gasteiger partial charge on any atom is -0.281 e. The molecular weight excluding hydrogens is 240 g/mol. The zero-order chi connectivity index (χ0) is 13.1. The fraction of sp³-hybridized carbons (Fsp3) is 0.188. The number of rotatable bonds is 2. The molecule has 92 valence electrons. The highest BCUT2D eigenvalue weighted by atomic mass is 32.2. The summed E-state index contributed by atoms with van der Waals surface area (Å²) in [7, 11) is 0. The lowest BCUT2D eigenvalue weighted by Crippen LogP contribution is -1.95. The second-order valence-corrected chi connectivity index (χ2v) is 5.63. The minimum atomic E-state index is 0.102. The number of benzene rings is 2. The Morgan fingerprint density at radius 3 is 1.94 bits per heavy atom. The van der Waals surface area contributed by atoms with Crippen LogP contribution in [0.4, 0.5) is 0 Å². The van der Waals surface area contributed by atoms with Crippen molar-refractivity contribution < 1.29 is 4.79 Å². The van der Waals surface area contributed by atoms with E-state index in [9.17, 15) is 4.79 Å². The van der Waals surface area contributed by atoms with E-state index >= 15 is 0 Å². The van der Waals surface area contributed by atoms with E-state index in [0.29, 0.717) is 0 Å². The predicted octanol–water partition coefficient (Wildman–Crippen LogP) is 4.54. The van der Waals surface area contributed by atoms with Crippen molar-refractivity contribution in [2.75, 3.05) is 0 Å². The summed E-state index contributed by atoms with van der Waals surface area (Å²) in [6.07, 6.45) is 0. The van der Waals surface area contributed by atoms with Crippen molar-refractivity contribution in [1.29, 1.82) is 0 Å². The maximum absolute atomic E-state index is 12.2. The van der Waals surface area contributed by atoms with Gasteiger partial charge in [-0.05, 0) is 56.8 Å². The quantitative estimate of drug-likeness (QED) is 0.733. The van der Waals surface area contributed by atoms with E-state index in [4.69, 9.17) is 0 Å². The van der Waals surface area contributed by atoms with Crippen molar-refractivity contribution in [3.8, 4) is 0 Å². The predicted molar refractivity (Wildman–Crippen MR) is 77.3 cm³/mol. The van der Waals surface area contributed by atoms with Crippen molar-refractivity contribution in [3.05, 3.63) is 64.7 Å². The van der Waals surface area contributed by atoms with Gasteiger partial charge in [0.2, 0.25) is 5.12 Å². The molecule has 0 radical (unpaired) electrons. The molecule has 0 amide bonds. The van der Waals surface area contributed by atoms with E-state index in [0.717, 1.165) is 21.6 Å². The van der Waals surface area contributed by atoms with Gasteiger partial charge in [-0.15, -0.1) is 0 Å². The molecule has 0 heterocycles. The first kappa shape index (κ1) is 12.9. The van der Waals surface area contributed by atoms with Gasteiger partial charge in [-0.2, -0.15) is 0 Å². The third-order valence-electron chi connectivity index (χ3n) is 2.69. The maximum Gasteiger partial charge on any atom is 0.224 e. The van der Waals surface area contributed by atoms with E-state index in [1.807, 2.05) is 57.2 Å². The number of carbonyl (C=O) groups is 1. The number of hydrogen-bond acceptors (Lipinski definition) is 2. The average Bonchev–Trinajstić information content (AvgIpc) is 2.31. The van der Waals surface area contributed by atoms with Gasteiger partial charge in [-0.25, -0.2) is 0 Å². The summed E-state index contributed by atoms with van der Waals surface area (Å²) in [5.74, 6) is 0. The van der Waals surface area contributed by atoms with Crippen molar-refractivity contribution in [2.45, 2.75) is 25.7 Å². The Morgan fingerprint density at radius 1 is 0.833 bits per heavy atom. The van der Waals surface area contributed by atoms with Gasteiger partial charge < -0.3 is 0 Å². The van der Waals surface area contributed by atoms with Crippen LogP contribution in [-0.2, 0) is 0 Å². The van der Waals surface area contributed by atoms with E-state index in [-0.39, 0.29) is 5.12 Å². The molecule has 0 atom stereocenters. The Morgan fingerprint density at radius 2 is 1.39 bits per heavy atom. The Balaban J connectivity index is 2.19. The first-order valence-electron chi connectivity index (χ1n) is 5.92. The summed E-state index contributed by atoms with van der Waals surface area (Å²) in [6.45, 7) is 6.07. The lowest BCUT2D eigenvalue weighted by Gasteiger charge is -2.04. The highest BCUT2D eigenvalue weighted by Crippen LogP contribution is 2.24. The van der Waals surface area contributed by atoms with Crippen LogP contribution in [0.15, 0.2) is 47.4 Å². The molecule has 0 unspecified atom stereocenters. The maximum atomic E-state index is 12.2. The molecular formula is C16H16OS. The van der Waals surface area contributed by atoms with E-state index in [1.165, 1.54) is 17.3 Å². The first-order chi connectivity index (χ1) is 8.54. The zero-order valence-corrected chi connectivity index (χ0v) is 11.7. The summed E-state index contributed by atoms with van der Waals surface area (Å²) in [5, 5.41) is 0.102. The SMILES string of the molecule is Cc1ccc(SC(=O)c2cc(C)cc(C)c2)cc1. The van der Waals surface area contributed by atoms with Gasteiger partial charge >= 0.3 is 0 Å². The first-order valence-corrected chi connectivity index (χ1v) is 6.73. The Labute approximate surface area is 112 Å². The van der Waals surface area contributed by atoms with Crippen LogP contribution >= 0.6 is 11.8 Å². The van der Waals surface area contributed by atoms with Crippen molar-refractivity contribution in [3.63, 3.8) is 0 Å². The molecule has 0 aromatic heterocycles. The molecule has 0 aliphatic heterocycles. The lowest BCUT2D eigenvalue weighted by molar-refractivity contribution is 0.108. The van der Waals surface area contributed by atoms with Crippen LogP contribution < -0.4 is 0 Å². The van der Waals surface area contributed by atoms with Gasteiger partial charge in [-0.3, -0.25) is 4.79 Å². The van der Waals surface area contributed by atoms with Crippen molar-refractivity contribution in [1.82, 2.24) is 0 Å². The van der Waals surface area contributed by atoms with Crippen LogP contribution in [0.25, 0.3) is 0 Å². The molecule has 2 aromatic carbocycles. The summed E-state index contributed by atoms with van der Waals surface area (Å²) in [4.78, 5) is 13.2. The van der Waals surface area contributed by atoms with E-state index < -0.39 is 0 Å². The third kappa shape index (κ3) is 3.23. The van der Waals surface area contributed by atoms with Crippen LogP contribution in [0, 0.1) is 20.8 Å². The Bertz CT molecular complexity index is 550. The molecule has 1 nitrogen and oxygen atoms in total. The Kier molecular flexibility index (Phi) is 3.87. The summed E-state index contributed by atoms with van der Waals surface area (Å²) in [6, 6.07) is 14.0. The standard InChI is InChI=1S/C16H16OS/c1-11-4-6-15(7-5-11)18-16(17)14-9-12(2)8-13(3)10-14/h4-10H,1-3H3. The third-order valence-corrected chi connectivity index (χ3v) is 3.62. The smallest absolute Gasteiger partial charge is 0.224 e. The average molecular weight is 256 g/mol. The molecule has 2 heteroatoms. The van der Waals surface area contributed by atoms with Crippen LogP contribution in [0.1, 0.15) is 27.0 Å². The number of hydrogen-bond donors (Lipinski definition) is 0. The highest BCUT2D eigenvalue weighted by Gasteiger charge is 2.08. The minimum absolute atomic E-state index is 0.102. The molecule has 0 saturated heterocycles. The molecule has 0 N–H and O–H groups in total. The van der Waals surface area contributed by atoms with Gasteiger partial charge in [0.25, 0.3) is 0 Å². The van der Waals surface area contributed by atoms with Crippen LogP contribution in [0.2, 0.25) is 0 Å². The van der Waals surface area contributed by atoms with Crippen molar-refractivity contribution >= 4 is 16.9 Å². The largest absolute Gasteiger partial charge is 0.281 e. The summed E-state index contributed by atoms with van der Waals surface area (Å²) >= 11 is 1.28. The highest BCUT2D eigenvalue weighted by molar-refractivity contribution is 8.14. The molecule has 18 heavy (non-hydrogen) atoms. The second-order valence-electron chi connectivity index (χ2n) is 4.58. The van der Waals surface area contributed by atoms with Gasteiger partial charge in [0.15, 0.2) is 0 Å². The van der Waals surface area contributed by atoms with Gasteiger partial charge in [0.1, 0.15) is 0 Å². The van der Waals surface area contributed by atoms with Crippen molar-refractivity contribution in [2.24, 2.45) is 0 Å². The molecule has 0 saturated carbocycles.